The van der Waals surface area contributed by atoms with E-state index in [-0.39, 0.29) is 18.4 Å². The van der Waals surface area contributed by atoms with Crippen LogP contribution in [-0.4, -0.2) is 33.7 Å². The van der Waals surface area contributed by atoms with Crippen LogP contribution in [0.3, 0.4) is 0 Å². The van der Waals surface area contributed by atoms with Crippen LogP contribution in [0.5, 0.6) is 5.75 Å². The van der Waals surface area contributed by atoms with Gasteiger partial charge in [-0.15, -0.1) is 0 Å². The van der Waals surface area contributed by atoms with E-state index in [4.69, 9.17) is 4.74 Å². The minimum atomic E-state index is -3.66. The number of carbonyl (C=O) groups is 1. The maximum atomic E-state index is 13.0. The largest absolute Gasteiger partial charge is 0.494 e. The second kappa shape index (κ2) is 8.85. The summed E-state index contributed by atoms with van der Waals surface area (Å²) in [6.45, 7) is 3.73. The van der Waals surface area contributed by atoms with Gasteiger partial charge in [-0.2, -0.15) is 0 Å². The van der Waals surface area contributed by atoms with E-state index in [9.17, 15) is 17.6 Å². The van der Waals surface area contributed by atoms with Gasteiger partial charge in [-0.25, -0.2) is 12.8 Å². The fraction of sp³-hybridized carbons (Fsp3) is 0.316. The van der Waals surface area contributed by atoms with E-state index in [0.717, 1.165) is 16.1 Å². The summed E-state index contributed by atoms with van der Waals surface area (Å²) in [6.07, 6.45) is 1.04. The Morgan fingerprint density at radius 2 is 1.74 bits per heavy atom. The SMILES string of the molecule is CCOc1ccc(N(CC(=O)N[C@H](C)c2ccc(F)cc2)S(C)(=O)=O)cc1. The number of hydrogen-bond acceptors (Lipinski definition) is 4. The number of carbonyl (C=O) groups excluding carboxylic acids is 1. The lowest BCUT2D eigenvalue weighted by atomic mass is 10.1. The first-order valence-corrected chi connectivity index (χ1v) is 10.3. The fourth-order valence-electron chi connectivity index (χ4n) is 2.53. The van der Waals surface area contributed by atoms with E-state index < -0.39 is 15.9 Å². The van der Waals surface area contributed by atoms with Crippen LogP contribution >= 0.6 is 0 Å². The van der Waals surface area contributed by atoms with Crippen molar-refractivity contribution in [2.75, 3.05) is 23.7 Å². The van der Waals surface area contributed by atoms with Gasteiger partial charge in [0.25, 0.3) is 0 Å². The number of nitrogens with zero attached hydrogens (tertiary/aromatic N) is 1. The standard InChI is InChI=1S/C19H23FN2O4S/c1-4-26-18-11-9-17(10-12-18)22(27(3,24)25)13-19(23)21-14(2)15-5-7-16(20)8-6-15/h5-12,14H,4,13H2,1-3H3,(H,21,23)/t14-/m1/s1. The number of amides is 1. The highest BCUT2D eigenvalue weighted by Gasteiger charge is 2.22. The van der Waals surface area contributed by atoms with E-state index in [1.54, 1.807) is 43.3 Å². The molecule has 6 nitrogen and oxygen atoms in total. The molecule has 1 atom stereocenters. The fourth-order valence-corrected chi connectivity index (χ4v) is 3.38. The molecule has 0 spiro atoms. The molecule has 146 valence electrons. The smallest absolute Gasteiger partial charge is 0.241 e. The van der Waals surface area contributed by atoms with Gasteiger partial charge in [-0.3, -0.25) is 9.10 Å². The lowest BCUT2D eigenvalue weighted by Gasteiger charge is -2.23. The van der Waals surface area contributed by atoms with E-state index in [1.807, 2.05) is 6.92 Å². The van der Waals surface area contributed by atoms with Gasteiger partial charge in [-0.05, 0) is 55.8 Å². The first-order chi connectivity index (χ1) is 12.7. The molecular weight excluding hydrogens is 371 g/mol. The third-order valence-corrected chi connectivity index (χ3v) is 5.01. The van der Waals surface area contributed by atoms with Crippen LogP contribution in [0.25, 0.3) is 0 Å². The summed E-state index contributed by atoms with van der Waals surface area (Å²) < 4.78 is 43.7. The Morgan fingerprint density at radius 1 is 1.15 bits per heavy atom. The molecule has 1 N–H and O–H groups in total. The second-order valence-corrected chi connectivity index (χ2v) is 7.94. The van der Waals surface area contributed by atoms with Crippen molar-refractivity contribution in [1.82, 2.24) is 5.32 Å². The molecule has 0 radical (unpaired) electrons. The Kier molecular flexibility index (Phi) is 6.79. The molecule has 0 unspecified atom stereocenters. The van der Waals surface area contributed by atoms with E-state index >= 15 is 0 Å². The van der Waals surface area contributed by atoms with Crippen molar-refractivity contribution >= 4 is 21.6 Å². The molecule has 0 aliphatic heterocycles. The zero-order valence-electron chi connectivity index (χ0n) is 15.5. The number of nitrogens with one attached hydrogen (secondary N) is 1. The quantitative estimate of drug-likeness (QED) is 0.747. The Bertz CT molecular complexity index is 868. The predicted molar refractivity (Wildman–Crippen MR) is 103 cm³/mol. The van der Waals surface area contributed by atoms with Crippen LogP contribution in [0, 0.1) is 5.82 Å². The highest BCUT2D eigenvalue weighted by molar-refractivity contribution is 7.92. The molecule has 27 heavy (non-hydrogen) atoms. The maximum absolute atomic E-state index is 13.0. The van der Waals surface area contributed by atoms with Gasteiger partial charge < -0.3 is 10.1 Å². The predicted octanol–water partition coefficient (Wildman–Crippen LogP) is 2.87. The Morgan fingerprint density at radius 3 is 2.26 bits per heavy atom. The minimum absolute atomic E-state index is 0.363. The van der Waals surface area contributed by atoms with Gasteiger partial charge in [-0.1, -0.05) is 12.1 Å². The van der Waals surface area contributed by atoms with Crippen LogP contribution in [0.1, 0.15) is 25.5 Å². The number of rotatable bonds is 8. The normalized spacial score (nSPS) is 12.3. The van der Waals surface area contributed by atoms with Crippen molar-refractivity contribution < 1.29 is 22.3 Å². The summed E-state index contributed by atoms with van der Waals surface area (Å²) >= 11 is 0. The molecular formula is C19H23FN2O4S. The van der Waals surface area contributed by atoms with Gasteiger partial charge in [0, 0.05) is 0 Å². The average molecular weight is 394 g/mol. The summed E-state index contributed by atoms with van der Waals surface area (Å²) in [7, 11) is -3.66. The van der Waals surface area contributed by atoms with Gasteiger partial charge in [0.15, 0.2) is 0 Å². The second-order valence-electron chi connectivity index (χ2n) is 6.04. The van der Waals surface area contributed by atoms with Crippen LogP contribution in [0.15, 0.2) is 48.5 Å². The number of hydrogen-bond donors (Lipinski definition) is 1. The van der Waals surface area contributed by atoms with Gasteiger partial charge in [0.2, 0.25) is 15.9 Å². The summed E-state index contributed by atoms with van der Waals surface area (Å²) in [5.74, 6) is -0.216. The van der Waals surface area contributed by atoms with Gasteiger partial charge in [0.1, 0.15) is 18.1 Å². The molecule has 0 saturated heterocycles. The van der Waals surface area contributed by atoms with Crippen LogP contribution in [0.4, 0.5) is 10.1 Å². The number of benzene rings is 2. The average Bonchev–Trinajstić information content (AvgIpc) is 2.60. The summed E-state index contributed by atoms with van der Waals surface area (Å²) in [5, 5.41) is 2.73. The highest BCUT2D eigenvalue weighted by Crippen LogP contribution is 2.22. The molecule has 0 aromatic heterocycles. The Hall–Kier alpha value is -2.61. The lowest BCUT2D eigenvalue weighted by molar-refractivity contribution is -0.120. The number of ether oxygens (including phenoxy) is 1. The zero-order chi connectivity index (χ0) is 20.0. The van der Waals surface area contributed by atoms with Crippen molar-refractivity contribution in [2.45, 2.75) is 19.9 Å². The van der Waals surface area contributed by atoms with Crippen LogP contribution < -0.4 is 14.4 Å². The van der Waals surface area contributed by atoms with Crippen molar-refractivity contribution in [3.8, 4) is 5.75 Å². The van der Waals surface area contributed by atoms with E-state index in [2.05, 4.69) is 5.32 Å². The highest BCUT2D eigenvalue weighted by atomic mass is 32.2. The number of halogens is 1. The number of anilines is 1. The molecule has 2 aromatic rings. The van der Waals surface area contributed by atoms with Crippen molar-refractivity contribution in [3.63, 3.8) is 0 Å². The third-order valence-electron chi connectivity index (χ3n) is 3.87. The molecule has 0 heterocycles. The first-order valence-electron chi connectivity index (χ1n) is 8.46. The molecule has 2 aromatic carbocycles. The van der Waals surface area contributed by atoms with Gasteiger partial charge >= 0.3 is 0 Å². The lowest BCUT2D eigenvalue weighted by Crippen LogP contribution is -2.41. The molecule has 0 bridgehead atoms. The maximum Gasteiger partial charge on any atom is 0.241 e. The summed E-state index contributed by atoms with van der Waals surface area (Å²) in [5.41, 5.74) is 1.09. The topological polar surface area (TPSA) is 75.7 Å². The summed E-state index contributed by atoms with van der Waals surface area (Å²) in [4.78, 5) is 12.4. The monoisotopic (exact) mass is 394 g/mol. The molecule has 0 fully saturated rings. The number of sulfonamides is 1. The molecule has 2 rings (SSSR count). The molecule has 0 saturated carbocycles. The first kappa shape index (κ1) is 20.7. The molecule has 0 aliphatic carbocycles. The van der Waals surface area contributed by atoms with Crippen LogP contribution in [-0.2, 0) is 14.8 Å². The minimum Gasteiger partial charge on any atom is -0.494 e. The van der Waals surface area contributed by atoms with Crippen molar-refractivity contribution in [1.29, 1.82) is 0 Å². The van der Waals surface area contributed by atoms with E-state index in [1.165, 1.54) is 12.1 Å². The third kappa shape index (κ3) is 5.96. The molecule has 8 heteroatoms. The van der Waals surface area contributed by atoms with Crippen LogP contribution in [0.2, 0.25) is 0 Å². The molecule has 0 aliphatic rings. The Labute approximate surface area is 159 Å². The Balaban J connectivity index is 2.11. The molecule has 1 amide bonds. The zero-order valence-corrected chi connectivity index (χ0v) is 16.3. The van der Waals surface area contributed by atoms with Crippen molar-refractivity contribution in [3.05, 3.63) is 59.9 Å². The van der Waals surface area contributed by atoms with Gasteiger partial charge in [0.05, 0.1) is 24.6 Å². The van der Waals surface area contributed by atoms with Crippen molar-refractivity contribution in [2.24, 2.45) is 0 Å². The summed E-state index contributed by atoms with van der Waals surface area (Å²) in [6, 6.07) is 11.8. The van der Waals surface area contributed by atoms with E-state index in [0.29, 0.717) is 18.0 Å².